The highest BCUT2D eigenvalue weighted by atomic mass is 16.6. The van der Waals surface area contributed by atoms with Gasteiger partial charge in [-0.1, -0.05) is 36.4 Å². The zero-order valence-corrected chi connectivity index (χ0v) is 16.8. The number of para-hydroxylation sites is 1. The van der Waals surface area contributed by atoms with Gasteiger partial charge in [0.15, 0.2) is 0 Å². The molecule has 0 fully saturated rings. The number of nitro benzene ring substituents is 1. The molecule has 2 aromatic carbocycles. The topological polar surface area (TPSA) is 101 Å². The third-order valence-corrected chi connectivity index (χ3v) is 5.30. The second-order valence-electron chi connectivity index (χ2n) is 7.32. The summed E-state index contributed by atoms with van der Waals surface area (Å²) in [7, 11) is 0. The molecule has 0 radical (unpaired) electrons. The summed E-state index contributed by atoms with van der Waals surface area (Å²) in [5.41, 5.74) is 3.56. The molecule has 156 valence electrons. The smallest absolute Gasteiger partial charge is 0.269 e. The Bertz CT molecular complexity index is 1200. The number of non-ortho nitro benzene ring substituents is 1. The van der Waals surface area contributed by atoms with E-state index in [0.717, 1.165) is 27.7 Å². The minimum Gasteiger partial charge on any atom is -0.361 e. The van der Waals surface area contributed by atoms with Gasteiger partial charge in [0.2, 0.25) is 5.91 Å². The molecule has 4 aromatic rings. The Morgan fingerprint density at radius 1 is 1.10 bits per heavy atom. The highest BCUT2D eigenvalue weighted by molar-refractivity contribution is 5.86. The first-order valence-corrected chi connectivity index (χ1v) is 10.1. The van der Waals surface area contributed by atoms with Crippen LogP contribution in [-0.4, -0.2) is 27.3 Å². The van der Waals surface area contributed by atoms with Crippen LogP contribution in [0.15, 0.2) is 79.1 Å². The van der Waals surface area contributed by atoms with Gasteiger partial charge in [0.25, 0.3) is 5.69 Å². The van der Waals surface area contributed by atoms with Gasteiger partial charge in [-0.3, -0.25) is 19.9 Å². The number of aromatic amines is 1. The van der Waals surface area contributed by atoms with E-state index in [-0.39, 0.29) is 23.9 Å². The lowest BCUT2D eigenvalue weighted by Gasteiger charge is -2.17. The third kappa shape index (κ3) is 4.78. The number of hydrogen-bond acceptors (Lipinski definition) is 4. The van der Waals surface area contributed by atoms with E-state index in [1.165, 1.54) is 6.07 Å². The molecule has 0 aliphatic rings. The molecular formula is C24H22N4O3. The molecule has 31 heavy (non-hydrogen) atoms. The van der Waals surface area contributed by atoms with Gasteiger partial charge >= 0.3 is 0 Å². The van der Waals surface area contributed by atoms with Crippen LogP contribution in [0.4, 0.5) is 5.69 Å². The number of H-pyrrole nitrogens is 1. The maximum atomic E-state index is 12.8. The number of hydrogen-bond donors (Lipinski definition) is 2. The van der Waals surface area contributed by atoms with Crippen molar-refractivity contribution in [2.75, 3.05) is 6.54 Å². The van der Waals surface area contributed by atoms with E-state index >= 15 is 0 Å². The summed E-state index contributed by atoms with van der Waals surface area (Å²) >= 11 is 0. The largest absolute Gasteiger partial charge is 0.361 e. The molecule has 0 aliphatic carbocycles. The maximum Gasteiger partial charge on any atom is 0.269 e. The molecule has 2 aromatic heterocycles. The van der Waals surface area contributed by atoms with Gasteiger partial charge in [-0.2, -0.15) is 0 Å². The van der Waals surface area contributed by atoms with Crippen molar-refractivity contribution in [3.05, 3.63) is 106 Å². The van der Waals surface area contributed by atoms with Crippen LogP contribution in [0.3, 0.4) is 0 Å². The van der Waals surface area contributed by atoms with Crippen LogP contribution < -0.4 is 5.32 Å². The minimum atomic E-state index is -0.414. The van der Waals surface area contributed by atoms with Crippen molar-refractivity contribution < 1.29 is 9.72 Å². The Kier molecular flexibility index (Phi) is 6.03. The second kappa shape index (κ2) is 9.21. The van der Waals surface area contributed by atoms with Crippen LogP contribution in [0.5, 0.6) is 0 Å². The summed E-state index contributed by atoms with van der Waals surface area (Å²) in [5.74, 6) is -0.427. The van der Waals surface area contributed by atoms with E-state index in [1.807, 2.05) is 54.7 Å². The van der Waals surface area contributed by atoms with Crippen LogP contribution in [0.1, 0.15) is 29.2 Å². The molecule has 0 unspecified atom stereocenters. The average Bonchev–Trinajstić information content (AvgIpc) is 3.22. The van der Waals surface area contributed by atoms with Gasteiger partial charge in [0, 0.05) is 66.4 Å². The average molecular weight is 414 g/mol. The van der Waals surface area contributed by atoms with Gasteiger partial charge in [-0.15, -0.1) is 0 Å². The number of carbonyl (C=O) groups excluding carboxylic acids is 1. The maximum absolute atomic E-state index is 12.8. The van der Waals surface area contributed by atoms with Gasteiger partial charge in [0.05, 0.1) is 4.92 Å². The lowest BCUT2D eigenvalue weighted by Crippen LogP contribution is -2.27. The molecule has 1 amide bonds. The SMILES string of the molecule is O=C(C[C@@H](c1cccc([N+](=O)[O-])c1)c1c[nH]c2ccccc12)NCCc1ccccn1. The van der Waals surface area contributed by atoms with E-state index < -0.39 is 4.92 Å². The van der Waals surface area contributed by atoms with E-state index in [0.29, 0.717) is 13.0 Å². The van der Waals surface area contributed by atoms with Gasteiger partial charge < -0.3 is 10.3 Å². The highest BCUT2D eigenvalue weighted by Crippen LogP contribution is 2.34. The molecule has 0 saturated heterocycles. The molecule has 0 aliphatic heterocycles. The zero-order chi connectivity index (χ0) is 21.6. The van der Waals surface area contributed by atoms with E-state index in [9.17, 15) is 14.9 Å². The van der Waals surface area contributed by atoms with Crippen LogP contribution in [-0.2, 0) is 11.2 Å². The molecule has 7 heteroatoms. The third-order valence-electron chi connectivity index (χ3n) is 5.30. The molecule has 2 N–H and O–H groups in total. The molecule has 0 saturated carbocycles. The predicted octanol–water partition coefficient (Wildman–Crippen LogP) is 4.35. The summed E-state index contributed by atoms with van der Waals surface area (Å²) in [6.07, 6.45) is 4.44. The van der Waals surface area contributed by atoms with Gasteiger partial charge in [0.1, 0.15) is 0 Å². The summed E-state index contributed by atoms with van der Waals surface area (Å²) in [5, 5.41) is 15.2. The summed E-state index contributed by atoms with van der Waals surface area (Å²) in [6, 6.07) is 20.0. The molecule has 2 heterocycles. The van der Waals surface area contributed by atoms with Crippen LogP contribution >= 0.6 is 0 Å². The van der Waals surface area contributed by atoms with Crippen LogP contribution in [0.2, 0.25) is 0 Å². The van der Waals surface area contributed by atoms with Crippen molar-refractivity contribution in [2.45, 2.75) is 18.8 Å². The van der Waals surface area contributed by atoms with E-state index in [1.54, 1.807) is 18.3 Å². The van der Waals surface area contributed by atoms with Gasteiger partial charge in [-0.25, -0.2) is 0 Å². The number of benzene rings is 2. The van der Waals surface area contributed by atoms with Crippen molar-refractivity contribution in [1.29, 1.82) is 0 Å². The number of nitrogens with zero attached hydrogens (tertiary/aromatic N) is 2. The number of rotatable bonds is 8. The Hall–Kier alpha value is -4.00. The number of aromatic nitrogens is 2. The number of nitro groups is 1. The minimum absolute atomic E-state index is 0.0119. The quantitative estimate of drug-likeness (QED) is 0.331. The van der Waals surface area contributed by atoms with Crippen LogP contribution in [0, 0.1) is 10.1 Å². The van der Waals surface area contributed by atoms with Crippen LogP contribution in [0.25, 0.3) is 10.9 Å². The summed E-state index contributed by atoms with van der Waals surface area (Å²) < 4.78 is 0. The molecule has 7 nitrogen and oxygen atoms in total. The normalized spacial score (nSPS) is 11.9. The molecule has 0 bridgehead atoms. The number of pyridine rings is 1. The fourth-order valence-electron chi connectivity index (χ4n) is 3.78. The fraction of sp³-hybridized carbons (Fsp3) is 0.167. The van der Waals surface area contributed by atoms with Crippen molar-refractivity contribution >= 4 is 22.5 Å². The van der Waals surface area contributed by atoms with Crippen molar-refractivity contribution in [3.63, 3.8) is 0 Å². The molecule has 1 atom stereocenters. The molecule has 0 spiro atoms. The van der Waals surface area contributed by atoms with Crippen molar-refractivity contribution in [2.24, 2.45) is 0 Å². The van der Waals surface area contributed by atoms with Gasteiger partial charge in [-0.05, 0) is 29.3 Å². The number of amides is 1. The first-order chi connectivity index (χ1) is 15.1. The molecule has 4 rings (SSSR count). The van der Waals surface area contributed by atoms with Crippen molar-refractivity contribution in [1.82, 2.24) is 15.3 Å². The summed E-state index contributed by atoms with van der Waals surface area (Å²) in [6.45, 7) is 0.478. The second-order valence-corrected chi connectivity index (χ2v) is 7.32. The Morgan fingerprint density at radius 2 is 1.94 bits per heavy atom. The summed E-state index contributed by atoms with van der Waals surface area (Å²) in [4.78, 5) is 31.2. The fourth-order valence-corrected chi connectivity index (χ4v) is 3.78. The Labute approximate surface area is 179 Å². The Balaban J connectivity index is 1.57. The van der Waals surface area contributed by atoms with E-state index in [2.05, 4.69) is 15.3 Å². The lowest BCUT2D eigenvalue weighted by atomic mass is 9.87. The lowest BCUT2D eigenvalue weighted by molar-refractivity contribution is -0.384. The standard InChI is InChI=1S/C24H22N4O3/c29-24(26-13-11-18-7-3-4-12-25-18)15-21(17-6-5-8-19(14-17)28(30)31)22-16-27-23-10-2-1-9-20(22)23/h1-10,12,14,16,21,27H,11,13,15H2,(H,26,29)/t21-/m0/s1. The Morgan fingerprint density at radius 3 is 2.74 bits per heavy atom. The highest BCUT2D eigenvalue weighted by Gasteiger charge is 2.23. The van der Waals surface area contributed by atoms with Crippen molar-refractivity contribution in [3.8, 4) is 0 Å². The monoisotopic (exact) mass is 414 g/mol. The first kappa shape index (κ1) is 20.3. The predicted molar refractivity (Wildman–Crippen MR) is 119 cm³/mol. The molecular weight excluding hydrogens is 392 g/mol. The number of carbonyl (C=O) groups is 1. The number of nitrogens with one attached hydrogen (secondary N) is 2. The zero-order valence-electron chi connectivity index (χ0n) is 16.8. The number of fused-ring (bicyclic) bond motifs is 1. The first-order valence-electron chi connectivity index (χ1n) is 10.1. The van der Waals surface area contributed by atoms with E-state index in [4.69, 9.17) is 0 Å².